The van der Waals surface area contributed by atoms with Crippen molar-refractivity contribution in [2.75, 3.05) is 6.61 Å². The van der Waals surface area contributed by atoms with Crippen LogP contribution in [-0.2, 0) is 9.53 Å². The Kier molecular flexibility index (Phi) is 17.1. The van der Waals surface area contributed by atoms with E-state index >= 15 is 0 Å². The number of ether oxygens (including phenoxy) is 1. The molecule has 0 heterocycles. The van der Waals surface area contributed by atoms with E-state index in [1.165, 1.54) is 76.7 Å². The van der Waals surface area contributed by atoms with Gasteiger partial charge >= 0.3 is 5.97 Å². The molecular formula is C20H36O2. The van der Waals surface area contributed by atoms with Crippen molar-refractivity contribution in [2.45, 2.75) is 90.4 Å². The van der Waals surface area contributed by atoms with Crippen LogP contribution < -0.4 is 0 Å². The first-order valence-corrected chi connectivity index (χ1v) is 9.25. The summed E-state index contributed by atoms with van der Waals surface area (Å²) in [7, 11) is 0. The second-order valence-corrected chi connectivity index (χ2v) is 5.96. The fourth-order valence-corrected chi connectivity index (χ4v) is 2.40. The fraction of sp³-hybridized carbons (Fsp3) is 0.750. The molecule has 0 saturated heterocycles. The van der Waals surface area contributed by atoms with E-state index in [1.54, 1.807) is 0 Å². The minimum absolute atomic E-state index is 0.307. The lowest BCUT2D eigenvalue weighted by atomic mass is 10.1. The standard InChI is InChI=1S/C20H36O2/c1-3-5-6-7-8-9-10-11-12-13-14-15-16-17-18-19-22-20(21)4-2/h4,9-10H,2-3,5-8,11-19H2,1H3/b10-9-. The number of unbranched alkanes of at least 4 members (excludes halogenated alkanes) is 11. The number of carbonyl (C=O) groups excluding carboxylic acids is 1. The van der Waals surface area contributed by atoms with E-state index in [9.17, 15) is 4.79 Å². The normalized spacial score (nSPS) is 11.0. The second-order valence-electron chi connectivity index (χ2n) is 5.96. The number of rotatable bonds is 16. The summed E-state index contributed by atoms with van der Waals surface area (Å²) in [5.74, 6) is -0.307. The van der Waals surface area contributed by atoms with Gasteiger partial charge in [-0.15, -0.1) is 0 Å². The molecule has 0 fully saturated rings. The van der Waals surface area contributed by atoms with Crippen molar-refractivity contribution < 1.29 is 9.53 Å². The van der Waals surface area contributed by atoms with E-state index in [0.29, 0.717) is 6.61 Å². The van der Waals surface area contributed by atoms with E-state index < -0.39 is 0 Å². The van der Waals surface area contributed by atoms with Crippen molar-refractivity contribution in [1.29, 1.82) is 0 Å². The molecule has 0 saturated carbocycles. The molecule has 0 aromatic rings. The molecule has 0 bridgehead atoms. The van der Waals surface area contributed by atoms with Crippen LogP contribution in [0.15, 0.2) is 24.8 Å². The minimum Gasteiger partial charge on any atom is -0.463 e. The third-order valence-corrected chi connectivity index (χ3v) is 3.82. The van der Waals surface area contributed by atoms with Gasteiger partial charge in [0.1, 0.15) is 0 Å². The van der Waals surface area contributed by atoms with E-state index in [2.05, 4.69) is 25.7 Å². The topological polar surface area (TPSA) is 26.3 Å². The van der Waals surface area contributed by atoms with Crippen LogP contribution >= 0.6 is 0 Å². The Labute approximate surface area is 138 Å². The molecule has 22 heavy (non-hydrogen) atoms. The zero-order valence-electron chi connectivity index (χ0n) is 14.7. The first kappa shape index (κ1) is 20.9. The summed E-state index contributed by atoms with van der Waals surface area (Å²) in [6, 6.07) is 0. The van der Waals surface area contributed by atoms with Crippen LogP contribution in [0, 0.1) is 0 Å². The number of esters is 1. The van der Waals surface area contributed by atoms with Crippen LogP contribution in [0.5, 0.6) is 0 Å². The maximum Gasteiger partial charge on any atom is 0.330 e. The Bertz CT molecular complexity index is 281. The summed E-state index contributed by atoms with van der Waals surface area (Å²) in [6.45, 7) is 6.17. The lowest BCUT2D eigenvalue weighted by Crippen LogP contribution is -2.01. The molecule has 0 N–H and O–H groups in total. The lowest BCUT2D eigenvalue weighted by Gasteiger charge is -2.02. The van der Waals surface area contributed by atoms with Crippen molar-refractivity contribution in [3.63, 3.8) is 0 Å². The zero-order chi connectivity index (χ0) is 16.3. The van der Waals surface area contributed by atoms with Gasteiger partial charge in [0.2, 0.25) is 0 Å². The zero-order valence-corrected chi connectivity index (χ0v) is 14.7. The molecule has 0 atom stereocenters. The van der Waals surface area contributed by atoms with Crippen LogP contribution in [-0.4, -0.2) is 12.6 Å². The molecular weight excluding hydrogens is 272 g/mol. The minimum atomic E-state index is -0.307. The summed E-state index contributed by atoms with van der Waals surface area (Å²) in [4.78, 5) is 10.8. The fourth-order valence-electron chi connectivity index (χ4n) is 2.40. The first-order valence-electron chi connectivity index (χ1n) is 9.25. The maximum atomic E-state index is 10.8. The smallest absolute Gasteiger partial charge is 0.330 e. The van der Waals surface area contributed by atoms with Gasteiger partial charge in [-0.1, -0.05) is 77.0 Å². The summed E-state index contributed by atoms with van der Waals surface area (Å²) in [5, 5.41) is 0. The largest absolute Gasteiger partial charge is 0.463 e. The number of hydrogen-bond acceptors (Lipinski definition) is 2. The summed E-state index contributed by atoms with van der Waals surface area (Å²) >= 11 is 0. The molecule has 0 aliphatic heterocycles. The van der Waals surface area contributed by atoms with Gasteiger partial charge in [0, 0.05) is 6.08 Å². The molecule has 0 radical (unpaired) electrons. The highest BCUT2D eigenvalue weighted by Crippen LogP contribution is 2.09. The van der Waals surface area contributed by atoms with Crippen LogP contribution in [0.25, 0.3) is 0 Å². The van der Waals surface area contributed by atoms with Gasteiger partial charge < -0.3 is 4.74 Å². The average molecular weight is 309 g/mol. The van der Waals surface area contributed by atoms with E-state index in [0.717, 1.165) is 12.8 Å². The highest BCUT2D eigenvalue weighted by atomic mass is 16.5. The predicted octanol–water partition coefficient (Wildman–Crippen LogP) is 6.36. The maximum absolute atomic E-state index is 10.8. The summed E-state index contributed by atoms with van der Waals surface area (Å²) in [5.41, 5.74) is 0. The molecule has 0 aliphatic carbocycles. The highest BCUT2D eigenvalue weighted by Gasteiger charge is 1.95. The quantitative estimate of drug-likeness (QED) is 0.143. The van der Waals surface area contributed by atoms with Gasteiger partial charge in [0.25, 0.3) is 0 Å². The molecule has 128 valence electrons. The van der Waals surface area contributed by atoms with Crippen molar-refractivity contribution in [3.05, 3.63) is 24.8 Å². The second kappa shape index (κ2) is 18.0. The number of allylic oxidation sites excluding steroid dienone is 2. The van der Waals surface area contributed by atoms with E-state index in [4.69, 9.17) is 4.74 Å². The van der Waals surface area contributed by atoms with Crippen LogP contribution in [0.4, 0.5) is 0 Å². The summed E-state index contributed by atoms with van der Waals surface area (Å²) < 4.78 is 4.94. The van der Waals surface area contributed by atoms with Crippen LogP contribution in [0.2, 0.25) is 0 Å². The van der Waals surface area contributed by atoms with E-state index in [-0.39, 0.29) is 5.97 Å². The number of carbonyl (C=O) groups is 1. The van der Waals surface area contributed by atoms with Crippen molar-refractivity contribution in [3.8, 4) is 0 Å². The number of hydrogen-bond donors (Lipinski definition) is 0. The lowest BCUT2D eigenvalue weighted by molar-refractivity contribution is -0.137. The Balaban J connectivity index is 3.09. The van der Waals surface area contributed by atoms with Crippen molar-refractivity contribution in [2.24, 2.45) is 0 Å². The predicted molar refractivity (Wildman–Crippen MR) is 96.0 cm³/mol. The van der Waals surface area contributed by atoms with Gasteiger partial charge in [-0.3, -0.25) is 0 Å². The molecule has 0 rings (SSSR count). The van der Waals surface area contributed by atoms with Gasteiger partial charge in [0.05, 0.1) is 6.61 Å². The van der Waals surface area contributed by atoms with Gasteiger partial charge in [0.15, 0.2) is 0 Å². The molecule has 0 amide bonds. The monoisotopic (exact) mass is 308 g/mol. The first-order chi connectivity index (χ1) is 10.8. The van der Waals surface area contributed by atoms with Crippen molar-refractivity contribution in [1.82, 2.24) is 0 Å². The molecule has 0 aromatic heterocycles. The highest BCUT2D eigenvalue weighted by molar-refractivity contribution is 5.81. The third-order valence-electron chi connectivity index (χ3n) is 3.82. The van der Waals surface area contributed by atoms with Gasteiger partial charge in [-0.2, -0.15) is 0 Å². The average Bonchev–Trinajstić information content (AvgIpc) is 2.54. The Hall–Kier alpha value is -1.05. The molecule has 0 aliphatic rings. The summed E-state index contributed by atoms with van der Waals surface area (Å²) in [6.07, 6.45) is 22.6. The SMILES string of the molecule is C=CC(=O)OCCCCCCCCC/C=C\CCCCCC. The van der Waals surface area contributed by atoms with Gasteiger partial charge in [-0.25, -0.2) is 4.79 Å². The Morgan fingerprint density at radius 1 is 0.818 bits per heavy atom. The van der Waals surface area contributed by atoms with Crippen LogP contribution in [0.1, 0.15) is 90.4 Å². The van der Waals surface area contributed by atoms with E-state index in [1.807, 2.05) is 0 Å². The molecule has 2 nitrogen and oxygen atoms in total. The Morgan fingerprint density at radius 2 is 1.32 bits per heavy atom. The van der Waals surface area contributed by atoms with Crippen LogP contribution in [0.3, 0.4) is 0 Å². The third kappa shape index (κ3) is 17.0. The van der Waals surface area contributed by atoms with Crippen molar-refractivity contribution >= 4 is 5.97 Å². The van der Waals surface area contributed by atoms with Gasteiger partial charge in [-0.05, 0) is 32.1 Å². The molecule has 0 spiro atoms. The molecule has 2 heteroatoms. The molecule has 0 unspecified atom stereocenters. The molecule has 0 aromatic carbocycles. The Morgan fingerprint density at radius 3 is 1.86 bits per heavy atom.